The first-order valence-corrected chi connectivity index (χ1v) is 9.19. The maximum absolute atomic E-state index is 5.05. The molecule has 0 N–H and O–H groups in total. The molecule has 3 heterocycles. The number of hydrogen-bond acceptors (Lipinski definition) is 3. The van der Waals surface area contributed by atoms with Crippen molar-refractivity contribution in [2.24, 2.45) is 7.05 Å². The van der Waals surface area contributed by atoms with Gasteiger partial charge in [0, 0.05) is 41.5 Å². The highest BCUT2D eigenvalue weighted by Gasteiger charge is 2.15. The highest BCUT2D eigenvalue weighted by Crippen LogP contribution is 2.35. The minimum atomic E-state index is 0.898. The highest BCUT2D eigenvalue weighted by atomic mass is 15.2. The van der Waals surface area contributed by atoms with E-state index < -0.39 is 0 Å². The topological polar surface area (TPSA) is 43.6 Å². The predicted octanol–water partition coefficient (Wildman–Crippen LogP) is 5.36. The second kappa shape index (κ2) is 6.74. The number of hydrogen-bond donors (Lipinski definition) is 0. The van der Waals surface area contributed by atoms with Crippen molar-refractivity contribution >= 4 is 10.9 Å². The van der Waals surface area contributed by atoms with Gasteiger partial charge in [0.1, 0.15) is 0 Å². The van der Waals surface area contributed by atoms with Crippen molar-refractivity contribution in [3.8, 4) is 33.6 Å². The highest BCUT2D eigenvalue weighted by molar-refractivity contribution is 5.98. The standard InChI is InChI=1S/C24H18N4/c1-28-16-19(15-26-28)23-21-14-20(17-8-4-2-5-9-17)24(18-10-6-3-7-11-18)27-22(21)12-13-25-23/h2-16H,1H3. The third-order valence-corrected chi connectivity index (χ3v) is 4.85. The van der Waals surface area contributed by atoms with Crippen molar-refractivity contribution in [1.29, 1.82) is 0 Å². The normalized spacial score (nSPS) is 11.0. The third kappa shape index (κ3) is 2.85. The molecule has 0 saturated carbocycles. The van der Waals surface area contributed by atoms with Crippen LogP contribution in [0.4, 0.5) is 0 Å². The number of benzene rings is 2. The van der Waals surface area contributed by atoms with E-state index in [-0.39, 0.29) is 0 Å². The largest absolute Gasteiger partial charge is 0.275 e. The zero-order valence-corrected chi connectivity index (χ0v) is 15.4. The smallest absolute Gasteiger partial charge is 0.0827 e. The molecule has 4 nitrogen and oxygen atoms in total. The minimum absolute atomic E-state index is 0.898. The summed E-state index contributed by atoms with van der Waals surface area (Å²) in [5.74, 6) is 0. The molecule has 0 saturated heterocycles. The van der Waals surface area contributed by atoms with Crippen molar-refractivity contribution in [1.82, 2.24) is 19.7 Å². The third-order valence-electron chi connectivity index (χ3n) is 4.85. The molecule has 4 heteroatoms. The summed E-state index contributed by atoms with van der Waals surface area (Å²) in [6.07, 6.45) is 5.64. The Morgan fingerprint density at radius 2 is 1.46 bits per heavy atom. The molecule has 0 amide bonds. The van der Waals surface area contributed by atoms with Crippen molar-refractivity contribution in [3.63, 3.8) is 0 Å². The van der Waals surface area contributed by atoms with Crippen molar-refractivity contribution < 1.29 is 0 Å². The summed E-state index contributed by atoms with van der Waals surface area (Å²) >= 11 is 0. The molecule has 0 bridgehead atoms. The zero-order valence-electron chi connectivity index (χ0n) is 15.4. The first-order chi connectivity index (χ1) is 13.8. The van der Waals surface area contributed by atoms with Crippen LogP contribution in [0.25, 0.3) is 44.5 Å². The lowest BCUT2D eigenvalue weighted by atomic mass is 9.96. The van der Waals surface area contributed by atoms with Gasteiger partial charge in [0.2, 0.25) is 0 Å². The lowest BCUT2D eigenvalue weighted by Gasteiger charge is -2.13. The molecule has 3 aromatic heterocycles. The predicted molar refractivity (Wildman–Crippen MR) is 113 cm³/mol. The quantitative estimate of drug-likeness (QED) is 0.434. The van der Waals surface area contributed by atoms with E-state index in [1.807, 2.05) is 56.0 Å². The number of pyridine rings is 2. The summed E-state index contributed by atoms with van der Waals surface area (Å²) in [7, 11) is 1.91. The molecule has 28 heavy (non-hydrogen) atoms. The Balaban J connectivity index is 1.83. The zero-order chi connectivity index (χ0) is 18.9. The molecular formula is C24H18N4. The van der Waals surface area contributed by atoms with E-state index in [0.717, 1.165) is 44.5 Å². The first kappa shape index (κ1) is 16.4. The molecule has 0 spiro atoms. The lowest BCUT2D eigenvalue weighted by Crippen LogP contribution is -1.94. The van der Waals surface area contributed by atoms with Crippen LogP contribution >= 0.6 is 0 Å². The summed E-state index contributed by atoms with van der Waals surface area (Å²) in [6, 6.07) is 24.9. The van der Waals surface area contributed by atoms with Gasteiger partial charge >= 0.3 is 0 Å². The van der Waals surface area contributed by atoms with Gasteiger partial charge in [0.15, 0.2) is 0 Å². The Hall–Kier alpha value is -3.79. The molecule has 0 fully saturated rings. The molecule has 134 valence electrons. The molecule has 0 unspecified atom stereocenters. The average molecular weight is 362 g/mol. The van der Waals surface area contributed by atoms with E-state index >= 15 is 0 Å². The summed E-state index contributed by atoms with van der Waals surface area (Å²) in [5, 5.41) is 5.32. The van der Waals surface area contributed by atoms with Gasteiger partial charge in [0.25, 0.3) is 0 Å². The van der Waals surface area contributed by atoms with Gasteiger partial charge in [-0.3, -0.25) is 9.67 Å². The summed E-state index contributed by atoms with van der Waals surface area (Å²) in [4.78, 5) is 9.68. The van der Waals surface area contributed by atoms with Gasteiger partial charge in [-0.15, -0.1) is 0 Å². The summed E-state index contributed by atoms with van der Waals surface area (Å²) in [5.41, 5.74) is 7.11. The fraction of sp³-hybridized carbons (Fsp3) is 0.0417. The maximum Gasteiger partial charge on any atom is 0.0827 e. The molecular weight excluding hydrogens is 344 g/mol. The number of nitrogens with zero attached hydrogens (tertiary/aromatic N) is 4. The molecule has 0 radical (unpaired) electrons. The van der Waals surface area contributed by atoms with Crippen LogP contribution in [-0.2, 0) is 7.05 Å². The van der Waals surface area contributed by atoms with Crippen LogP contribution in [0.2, 0.25) is 0 Å². The van der Waals surface area contributed by atoms with E-state index in [9.17, 15) is 0 Å². The lowest BCUT2D eigenvalue weighted by molar-refractivity contribution is 0.768. The van der Waals surface area contributed by atoms with Crippen molar-refractivity contribution in [2.45, 2.75) is 0 Å². The molecule has 0 aliphatic rings. The van der Waals surface area contributed by atoms with Gasteiger partial charge in [-0.1, -0.05) is 60.7 Å². The number of rotatable bonds is 3. The molecule has 0 aliphatic carbocycles. The van der Waals surface area contributed by atoms with Crippen LogP contribution in [0.15, 0.2) is 91.4 Å². The van der Waals surface area contributed by atoms with E-state index in [2.05, 4.69) is 52.5 Å². The van der Waals surface area contributed by atoms with E-state index in [4.69, 9.17) is 4.98 Å². The van der Waals surface area contributed by atoms with E-state index in [0.29, 0.717) is 0 Å². The first-order valence-electron chi connectivity index (χ1n) is 9.19. The monoisotopic (exact) mass is 362 g/mol. The van der Waals surface area contributed by atoms with Crippen molar-refractivity contribution in [3.05, 3.63) is 91.4 Å². The average Bonchev–Trinajstić information content (AvgIpc) is 3.19. The Morgan fingerprint density at radius 3 is 2.14 bits per heavy atom. The number of fused-ring (bicyclic) bond motifs is 1. The fourth-order valence-electron chi connectivity index (χ4n) is 3.52. The van der Waals surface area contributed by atoms with Gasteiger partial charge < -0.3 is 0 Å². The minimum Gasteiger partial charge on any atom is -0.275 e. The van der Waals surface area contributed by atoms with Gasteiger partial charge in [-0.2, -0.15) is 5.10 Å². The van der Waals surface area contributed by atoms with E-state index in [1.54, 1.807) is 4.68 Å². The van der Waals surface area contributed by atoms with Crippen LogP contribution < -0.4 is 0 Å². The molecule has 2 aromatic carbocycles. The van der Waals surface area contributed by atoms with Crippen LogP contribution in [-0.4, -0.2) is 19.7 Å². The Bertz CT molecular complexity index is 1260. The van der Waals surface area contributed by atoms with Crippen LogP contribution in [0.1, 0.15) is 0 Å². The van der Waals surface area contributed by atoms with Gasteiger partial charge in [-0.05, 0) is 17.7 Å². The summed E-state index contributed by atoms with van der Waals surface area (Å²) in [6.45, 7) is 0. The second-order valence-corrected chi connectivity index (χ2v) is 6.75. The number of aromatic nitrogens is 4. The molecule has 0 atom stereocenters. The Morgan fingerprint density at radius 1 is 0.750 bits per heavy atom. The second-order valence-electron chi connectivity index (χ2n) is 6.75. The molecule has 5 rings (SSSR count). The Kier molecular flexibility index (Phi) is 3.95. The van der Waals surface area contributed by atoms with Crippen LogP contribution in [0.5, 0.6) is 0 Å². The van der Waals surface area contributed by atoms with Crippen molar-refractivity contribution in [2.75, 3.05) is 0 Å². The molecule has 0 aliphatic heterocycles. The van der Waals surface area contributed by atoms with Crippen LogP contribution in [0, 0.1) is 0 Å². The van der Waals surface area contributed by atoms with Gasteiger partial charge in [0.05, 0.1) is 23.1 Å². The Labute approximate surface area is 163 Å². The van der Waals surface area contributed by atoms with Crippen LogP contribution in [0.3, 0.4) is 0 Å². The summed E-state index contributed by atoms with van der Waals surface area (Å²) < 4.78 is 1.79. The molecule has 5 aromatic rings. The van der Waals surface area contributed by atoms with E-state index in [1.165, 1.54) is 0 Å². The maximum atomic E-state index is 5.05. The fourth-order valence-corrected chi connectivity index (χ4v) is 3.52. The van der Waals surface area contributed by atoms with Gasteiger partial charge in [-0.25, -0.2) is 4.98 Å². The SMILES string of the molecule is Cn1cc(-c2nccc3nc(-c4ccccc4)c(-c4ccccc4)cc23)cn1. The number of aryl methyl sites for hydroxylation is 1.